The molecule has 2 rings (SSSR count). The topological polar surface area (TPSA) is 46.9 Å². The van der Waals surface area contributed by atoms with Gasteiger partial charge in [-0.25, -0.2) is 0 Å². The molecule has 0 saturated heterocycles. The van der Waals surface area contributed by atoms with E-state index in [0.29, 0.717) is 12.1 Å². The number of nitrogens with one attached hydrogen (secondary N) is 1. The molecule has 0 unspecified atom stereocenters. The summed E-state index contributed by atoms with van der Waals surface area (Å²) in [6.45, 7) is -0.426. The minimum atomic E-state index is -4.99. The summed E-state index contributed by atoms with van der Waals surface area (Å²) in [5.41, 5.74) is -3.66. The van der Waals surface area contributed by atoms with Crippen molar-refractivity contribution in [3.63, 3.8) is 0 Å². The van der Waals surface area contributed by atoms with E-state index in [2.05, 4.69) is 5.10 Å². The third-order valence-electron chi connectivity index (χ3n) is 2.79. The van der Waals surface area contributed by atoms with Gasteiger partial charge < -0.3 is 5.32 Å². The number of alkyl halides is 6. The Balaban J connectivity index is 2.26. The van der Waals surface area contributed by atoms with Crippen LogP contribution in [-0.4, -0.2) is 15.7 Å². The number of rotatable bonds is 3. The Morgan fingerprint density at radius 3 is 2.04 bits per heavy atom. The molecule has 130 valence electrons. The summed E-state index contributed by atoms with van der Waals surface area (Å²) in [7, 11) is 0. The van der Waals surface area contributed by atoms with Crippen molar-refractivity contribution in [2.75, 3.05) is 5.32 Å². The van der Waals surface area contributed by atoms with Crippen LogP contribution in [0.1, 0.15) is 11.1 Å². The second-order valence-corrected chi connectivity index (χ2v) is 5.07. The fourth-order valence-corrected chi connectivity index (χ4v) is 1.95. The number of aromatic nitrogens is 2. The smallest absolute Gasteiger partial charge is 0.324 e. The molecule has 11 heteroatoms. The number of nitrogens with zero attached hydrogens (tertiary/aromatic N) is 2. The highest BCUT2D eigenvalue weighted by molar-refractivity contribution is 6.29. The van der Waals surface area contributed by atoms with Crippen LogP contribution in [0, 0.1) is 0 Å². The monoisotopic (exact) mass is 371 g/mol. The lowest BCUT2D eigenvalue weighted by Crippen LogP contribution is -2.20. The first-order valence-electron chi connectivity index (χ1n) is 6.23. The van der Waals surface area contributed by atoms with E-state index in [9.17, 15) is 31.1 Å². The predicted octanol–water partition coefficient (Wildman–Crippen LogP) is 4.21. The Morgan fingerprint density at radius 1 is 1.08 bits per heavy atom. The van der Waals surface area contributed by atoms with Gasteiger partial charge in [0.1, 0.15) is 6.54 Å². The van der Waals surface area contributed by atoms with Crippen LogP contribution in [0.25, 0.3) is 0 Å². The van der Waals surface area contributed by atoms with Crippen molar-refractivity contribution >= 4 is 23.2 Å². The second kappa shape index (κ2) is 6.34. The van der Waals surface area contributed by atoms with Gasteiger partial charge in [-0.3, -0.25) is 9.48 Å². The van der Waals surface area contributed by atoms with Crippen LogP contribution < -0.4 is 5.32 Å². The minimum absolute atomic E-state index is 0.0249. The van der Waals surface area contributed by atoms with Gasteiger partial charge in [0.15, 0.2) is 5.15 Å². The van der Waals surface area contributed by atoms with E-state index < -0.39 is 41.6 Å². The summed E-state index contributed by atoms with van der Waals surface area (Å²) in [5.74, 6) is -0.859. The molecule has 1 heterocycles. The lowest BCUT2D eigenvalue weighted by Gasteiger charge is -2.14. The van der Waals surface area contributed by atoms with Crippen LogP contribution in [0.15, 0.2) is 30.5 Å². The van der Waals surface area contributed by atoms with Gasteiger partial charge in [-0.2, -0.15) is 31.4 Å². The lowest BCUT2D eigenvalue weighted by molar-refractivity contribution is -0.143. The van der Waals surface area contributed by atoms with E-state index in [-0.39, 0.29) is 11.2 Å². The van der Waals surface area contributed by atoms with Crippen LogP contribution >= 0.6 is 11.6 Å². The zero-order valence-electron chi connectivity index (χ0n) is 11.5. The minimum Gasteiger partial charge on any atom is -0.324 e. The van der Waals surface area contributed by atoms with E-state index >= 15 is 0 Å². The molecule has 2 aromatic rings. The Morgan fingerprint density at radius 2 is 1.62 bits per heavy atom. The molecule has 0 bridgehead atoms. The first-order chi connectivity index (χ1) is 10.9. The molecule has 24 heavy (non-hydrogen) atoms. The maximum Gasteiger partial charge on any atom is 0.416 e. The molecule has 1 aromatic carbocycles. The molecule has 1 aromatic heterocycles. The molecule has 1 amide bonds. The van der Waals surface area contributed by atoms with Gasteiger partial charge in [-0.1, -0.05) is 11.6 Å². The average molecular weight is 372 g/mol. The normalized spacial score (nSPS) is 12.3. The van der Waals surface area contributed by atoms with Gasteiger partial charge in [0.2, 0.25) is 5.91 Å². The van der Waals surface area contributed by atoms with E-state index in [0.717, 1.165) is 4.68 Å². The Labute approximate surface area is 136 Å². The maximum absolute atomic E-state index is 12.7. The van der Waals surface area contributed by atoms with Gasteiger partial charge >= 0.3 is 12.4 Å². The van der Waals surface area contributed by atoms with Crippen LogP contribution in [0.4, 0.5) is 32.0 Å². The van der Waals surface area contributed by atoms with E-state index in [4.69, 9.17) is 11.6 Å². The van der Waals surface area contributed by atoms with E-state index in [1.54, 1.807) is 0 Å². The molecule has 0 radical (unpaired) electrons. The van der Waals surface area contributed by atoms with Crippen molar-refractivity contribution in [3.8, 4) is 0 Å². The second-order valence-electron chi connectivity index (χ2n) is 4.68. The molecule has 0 aliphatic rings. The molecular weight excluding hydrogens is 364 g/mol. The quantitative estimate of drug-likeness (QED) is 0.821. The fourth-order valence-electron chi connectivity index (χ4n) is 1.80. The van der Waals surface area contributed by atoms with Crippen molar-refractivity contribution < 1.29 is 31.1 Å². The van der Waals surface area contributed by atoms with Crippen LogP contribution in [0.2, 0.25) is 5.15 Å². The highest BCUT2D eigenvalue weighted by Crippen LogP contribution is 2.37. The van der Waals surface area contributed by atoms with E-state index in [1.807, 2.05) is 5.32 Å². The molecular formula is C13H8ClF6N3O. The lowest BCUT2D eigenvalue weighted by atomic mass is 10.1. The van der Waals surface area contributed by atoms with Gasteiger partial charge in [0, 0.05) is 11.9 Å². The molecule has 1 N–H and O–H groups in total. The number of anilines is 1. The van der Waals surface area contributed by atoms with Crippen molar-refractivity contribution in [1.29, 1.82) is 0 Å². The zero-order chi connectivity index (χ0) is 18.1. The Kier molecular flexibility index (Phi) is 4.79. The van der Waals surface area contributed by atoms with Crippen molar-refractivity contribution in [1.82, 2.24) is 9.78 Å². The third-order valence-corrected chi connectivity index (χ3v) is 2.99. The summed E-state index contributed by atoms with van der Waals surface area (Å²) in [5, 5.41) is 5.73. The Hall–Kier alpha value is -2.23. The van der Waals surface area contributed by atoms with Crippen LogP contribution in [-0.2, 0) is 23.7 Å². The first kappa shape index (κ1) is 18.1. The van der Waals surface area contributed by atoms with Crippen LogP contribution in [0.3, 0.4) is 0 Å². The summed E-state index contributed by atoms with van der Waals surface area (Å²) in [4.78, 5) is 11.7. The fraction of sp³-hybridized carbons (Fsp3) is 0.231. The van der Waals surface area contributed by atoms with Gasteiger partial charge in [-0.05, 0) is 24.3 Å². The maximum atomic E-state index is 12.7. The van der Waals surface area contributed by atoms with Gasteiger partial charge in [0.25, 0.3) is 0 Å². The number of amides is 1. The first-order valence-corrected chi connectivity index (χ1v) is 6.61. The number of hydrogen-bond acceptors (Lipinski definition) is 2. The Bertz CT molecular complexity index is 721. The SMILES string of the molecule is O=C(Cn1ccc(Cl)n1)Nc1cc(C(F)(F)F)cc(C(F)(F)F)c1. The van der Waals surface area contributed by atoms with Gasteiger partial charge in [0.05, 0.1) is 11.1 Å². The van der Waals surface area contributed by atoms with Crippen molar-refractivity contribution in [2.45, 2.75) is 18.9 Å². The van der Waals surface area contributed by atoms with E-state index in [1.165, 1.54) is 12.3 Å². The van der Waals surface area contributed by atoms with Crippen molar-refractivity contribution in [2.24, 2.45) is 0 Å². The number of hydrogen-bond donors (Lipinski definition) is 1. The largest absolute Gasteiger partial charge is 0.416 e. The molecule has 4 nitrogen and oxygen atoms in total. The molecule has 0 aliphatic carbocycles. The van der Waals surface area contributed by atoms with Crippen LogP contribution in [0.5, 0.6) is 0 Å². The highest BCUT2D eigenvalue weighted by Gasteiger charge is 2.37. The molecule has 0 aliphatic heterocycles. The zero-order valence-corrected chi connectivity index (χ0v) is 12.3. The summed E-state index contributed by atoms with van der Waals surface area (Å²) in [6.07, 6.45) is -8.65. The molecule has 0 spiro atoms. The number of halogens is 7. The molecule has 0 fully saturated rings. The van der Waals surface area contributed by atoms with Gasteiger partial charge in [-0.15, -0.1) is 0 Å². The molecule has 0 saturated carbocycles. The number of benzene rings is 1. The molecule has 0 atom stereocenters. The summed E-state index contributed by atoms with van der Waals surface area (Å²) in [6, 6.07) is 2.18. The average Bonchev–Trinajstić information content (AvgIpc) is 2.81. The number of carbonyl (C=O) groups is 1. The standard InChI is InChI=1S/C13H8ClF6N3O/c14-10-1-2-23(22-10)6-11(24)21-9-4-7(12(15,16)17)3-8(5-9)13(18,19)20/h1-5H,6H2,(H,21,24). The highest BCUT2D eigenvalue weighted by atomic mass is 35.5. The number of carbonyl (C=O) groups excluding carboxylic acids is 1. The summed E-state index contributed by atoms with van der Waals surface area (Å²) >= 11 is 5.53. The third kappa shape index (κ3) is 4.63. The van der Waals surface area contributed by atoms with Crippen molar-refractivity contribution in [3.05, 3.63) is 46.7 Å². The predicted molar refractivity (Wildman–Crippen MR) is 72.3 cm³/mol. The summed E-state index contributed by atoms with van der Waals surface area (Å²) < 4.78 is 77.4.